The van der Waals surface area contributed by atoms with Gasteiger partial charge in [0.2, 0.25) is 0 Å². The van der Waals surface area contributed by atoms with Crippen LogP contribution in [0.4, 0.5) is 10.1 Å². The van der Waals surface area contributed by atoms with Crippen LogP contribution < -0.4 is 5.32 Å². The molecule has 0 spiro atoms. The van der Waals surface area contributed by atoms with E-state index in [2.05, 4.69) is 26.2 Å². The topological polar surface area (TPSA) is 71.2 Å². The summed E-state index contributed by atoms with van der Waals surface area (Å²) in [5.41, 5.74) is 0.260. The van der Waals surface area contributed by atoms with Crippen molar-refractivity contribution >= 4 is 33.5 Å². The fraction of sp³-hybridized carbons (Fsp3) is 0.143. The number of esters is 1. The molecule has 1 heterocycles. The summed E-state index contributed by atoms with van der Waals surface area (Å²) in [5.74, 6) is -1.85. The molecule has 7 heteroatoms. The minimum atomic E-state index is -1.05. The van der Waals surface area contributed by atoms with Crippen LogP contribution >= 0.6 is 15.9 Å². The van der Waals surface area contributed by atoms with Crippen LogP contribution in [0, 0.1) is 5.82 Å². The first-order chi connectivity index (χ1) is 9.97. The fourth-order valence-electron chi connectivity index (χ4n) is 1.56. The number of carbonyl (C=O) groups excluding carboxylic acids is 2. The molecular formula is C14H12BrFN2O3. The molecular weight excluding hydrogens is 343 g/mol. The van der Waals surface area contributed by atoms with Crippen molar-refractivity contribution in [2.24, 2.45) is 0 Å². The van der Waals surface area contributed by atoms with Gasteiger partial charge in [-0.1, -0.05) is 15.9 Å². The average molecular weight is 355 g/mol. The number of halogens is 2. The number of hydrogen-bond donors (Lipinski definition) is 2. The number of rotatable bonds is 4. The van der Waals surface area contributed by atoms with Crippen LogP contribution in [-0.4, -0.2) is 23.0 Å². The Morgan fingerprint density at radius 2 is 2.14 bits per heavy atom. The zero-order chi connectivity index (χ0) is 15.4. The van der Waals surface area contributed by atoms with Gasteiger partial charge in [-0.3, -0.25) is 4.79 Å². The van der Waals surface area contributed by atoms with Gasteiger partial charge in [0, 0.05) is 10.7 Å². The van der Waals surface area contributed by atoms with Gasteiger partial charge in [-0.05, 0) is 37.3 Å². The highest BCUT2D eigenvalue weighted by Gasteiger charge is 2.20. The molecule has 1 amide bonds. The number of aromatic nitrogens is 1. The maximum atomic E-state index is 13.6. The maximum absolute atomic E-state index is 13.6. The van der Waals surface area contributed by atoms with Crippen LogP contribution in [0.25, 0.3) is 0 Å². The zero-order valence-electron chi connectivity index (χ0n) is 11.0. The average Bonchev–Trinajstić information content (AvgIpc) is 2.95. The summed E-state index contributed by atoms with van der Waals surface area (Å²) in [7, 11) is 0. The van der Waals surface area contributed by atoms with Gasteiger partial charge in [0.25, 0.3) is 5.91 Å². The Morgan fingerprint density at radius 3 is 2.76 bits per heavy atom. The Morgan fingerprint density at radius 1 is 1.38 bits per heavy atom. The molecule has 110 valence electrons. The second kappa shape index (κ2) is 6.53. The minimum absolute atomic E-state index is 0.0194. The molecule has 1 aromatic carbocycles. The van der Waals surface area contributed by atoms with Gasteiger partial charge in [-0.15, -0.1) is 0 Å². The molecule has 0 unspecified atom stereocenters. The van der Waals surface area contributed by atoms with Gasteiger partial charge < -0.3 is 15.0 Å². The third kappa shape index (κ3) is 3.91. The third-order valence-electron chi connectivity index (χ3n) is 2.66. The van der Waals surface area contributed by atoms with E-state index in [1.807, 2.05) is 0 Å². The van der Waals surface area contributed by atoms with E-state index in [1.54, 1.807) is 18.3 Å². The van der Waals surface area contributed by atoms with Crippen LogP contribution in [0.15, 0.2) is 41.0 Å². The van der Waals surface area contributed by atoms with Gasteiger partial charge in [-0.25, -0.2) is 9.18 Å². The number of H-pyrrole nitrogens is 1. The first kappa shape index (κ1) is 15.2. The lowest BCUT2D eigenvalue weighted by Crippen LogP contribution is -2.30. The van der Waals surface area contributed by atoms with Crippen molar-refractivity contribution in [3.05, 3.63) is 52.5 Å². The second-order valence-electron chi connectivity index (χ2n) is 4.24. The lowest BCUT2D eigenvalue weighted by molar-refractivity contribution is -0.123. The number of amides is 1. The van der Waals surface area contributed by atoms with Crippen molar-refractivity contribution in [2.75, 3.05) is 5.32 Å². The van der Waals surface area contributed by atoms with Crippen molar-refractivity contribution in [1.82, 2.24) is 4.98 Å². The van der Waals surface area contributed by atoms with Crippen molar-refractivity contribution in [1.29, 1.82) is 0 Å². The summed E-state index contributed by atoms with van der Waals surface area (Å²) in [4.78, 5) is 26.2. The van der Waals surface area contributed by atoms with Crippen LogP contribution in [-0.2, 0) is 9.53 Å². The van der Waals surface area contributed by atoms with E-state index in [1.165, 1.54) is 25.1 Å². The van der Waals surface area contributed by atoms with Crippen LogP contribution in [0.5, 0.6) is 0 Å². The number of nitrogens with one attached hydrogen (secondary N) is 2. The van der Waals surface area contributed by atoms with Gasteiger partial charge in [0.15, 0.2) is 6.10 Å². The van der Waals surface area contributed by atoms with Gasteiger partial charge in [-0.2, -0.15) is 0 Å². The smallest absolute Gasteiger partial charge is 0.355 e. The Labute approximate surface area is 128 Å². The van der Waals surface area contributed by atoms with E-state index in [4.69, 9.17) is 4.74 Å². The number of hydrogen-bond acceptors (Lipinski definition) is 3. The monoisotopic (exact) mass is 354 g/mol. The van der Waals surface area contributed by atoms with E-state index in [0.29, 0.717) is 4.47 Å². The summed E-state index contributed by atoms with van der Waals surface area (Å²) in [6, 6.07) is 7.40. The maximum Gasteiger partial charge on any atom is 0.355 e. The summed E-state index contributed by atoms with van der Waals surface area (Å²) in [6.07, 6.45) is 0.516. The first-order valence-corrected chi connectivity index (χ1v) is 6.87. The molecule has 0 aliphatic rings. The minimum Gasteiger partial charge on any atom is -0.448 e. The standard InChI is InChI=1S/C14H12BrFN2O3/c1-8(21-14(20)12-3-2-6-17-12)13(19)18-11-5-4-9(15)7-10(11)16/h2-8,17H,1H3,(H,18,19)/t8-/m1/s1. The third-order valence-corrected chi connectivity index (χ3v) is 3.15. The van der Waals surface area contributed by atoms with Crippen LogP contribution in [0.3, 0.4) is 0 Å². The van der Waals surface area contributed by atoms with Gasteiger partial charge in [0.1, 0.15) is 11.5 Å². The highest BCUT2D eigenvalue weighted by atomic mass is 79.9. The van der Waals surface area contributed by atoms with Crippen LogP contribution in [0.2, 0.25) is 0 Å². The zero-order valence-corrected chi connectivity index (χ0v) is 12.6. The molecule has 2 aromatic rings. The van der Waals surface area contributed by atoms with E-state index in [9.17, 15) is 14.0 Å². The number of benzene rings is 1. The van der Waals surface area contributed by atoms with Gasteiger partial charge in [0.05, 0.1) is 5.69 Å². The van der Waals surface area contributed by atoms with Crippen LogP contribution in [0.1, 0.15) is 17.4 Å². The van der Waals surface area contributed by atoms with Crippen molar-refractivity contribution in [3.8, 4) is 0 Å². The molecule has 0 aliphatic heterocycles. The Balaban J connectivity index is 1.98. The molecule has 1 aromatic heterocycles. The molecule has 0 saturated carbocycles. The normalized spacial score (nSPS) is 11.8. The molecule has 0 saturated heterocycles. The summed E-state index contributed by atoms with van der Waals surface area (Å²) < 4.78 is 19.1. The van der Waals surface area contributed by atoms with E-state index >= 15 is 0 Å². The molecule has 2 rings (SSSR count). The second-order valence-corrected chi connectivity index (χ2v) is 5.16. The summed E-state index contributed by atoms with van der Waals surface area (Å²) in [5, 5.41) is 2.37. The summed E-state index contributed by atoms with van der Waals surface area (Å²) in [6.45, 7) is 1.41. The largest absolute Gasteiger partial charge is 0.448 e. The van der Waals surface area contributed by atoms with Crippen molar-refractivity contribution in [3.63, 3.8) is 0 Å². The molecule has 0 bridgehead atoms. The number of ether oxygens (including phenoxy) is 1. The lowest BCUT2D eigenvalue weighted by atomic mass is 10.3. The Bertz CT molecular complexity index is 658. The molecule has 21 heavy (non-hydrogen) atoms. The Kier molecular flexibility index (Phi) is 4.74. The lowest BCUT2D eigenvalue weighted by Gasteiger charge is -2.13. The number of aromatic amines is 1. The predicted molar refractivity (Wildman–Crippen MR) is 78.4 cm³/mol. The molecule has 0 aliphatic carbocycles. The van der Waals surface area contributed by atoms with E-state index < -0.39 is 23.8 Å². The molecule has 0 fully saturated rings. The molecule has 0 radical (unpaired) electrons. The SMILES string of the molecule is C[C@@H](OC(=O)c1ccc[nH]1)C(=O)Nc1ccc(Br)cc1F. The summed E-state index contributed by atoms with van der Waals surface area (Å²) >= 11 is 3.12. The predicted octanol–water partition coefficient (Wildman–Crippen LogP) is 3.10. The van der Waals surface area contributed by atoms with Gasteiger partial charge >= 0.3 is 5.97 Å². The first-order valence-electron chi connectivity index (χ1n) is 6.07. The van der Waals surface area contributed by atoms with Crippen molar-refractivity contribution in [2.45, 2.75) is 13.0 Å². The molecule has 2 N–H and O–H groups in total. The highest BCUT2D eigenvalue weighted by molar-refractivity contribution is 9.10. The van der Waals surface area contributed by atoms with E-state index in [-0.39, 0.29) is 11.4 Å². The molecule has 1 atom stereocenters. The number of anilines is 1. The number of carbonyl (C=O) groups is 2. The quantitative estimate of drug-likeness (QED) is 0.828. The van der Waals surface area contributed by atoms with E-state index in [0.717, 1.165) is 0 Å². The fourth-order valence-corrected chi connectivity index (χ4v) is 1.89. The van der Waals surface area contributed by atoms with Crippen molar-refractivity contribution < 1.29 is 18.7 Å². The Hall–Kier alpha value is -2.15. The molecule has 5 nitrogen and oxygen atoms in total. The highest BCUT2D eigenvalue weighted by Crippen LogP contribution is 2.19.